The molecule has 90 valence electrons. The molecule has 1 rings (SSSR count). The third-order valence-corrected chi connectivity index (χ3v) is 2.97. The van der Waals surface area contributed by atoms with Gasteiger partial charge in [-0.2, -0.15) is 0 Å². The largest absolute Gasteiger partial charge is 0.496 e. The summed E-state index contributed by atoms with van der Waals surface area (Å²) < 4.78 is 5.39. The predicted molar refractivity (Wildman–Crippen MR) is 67.7 cm³/mol. The summed E-state index contributed by atoms with van der Waals surface area (Å²) in [5.41, 5.74) is 7.06. The maximum atomic E-state index is 5.88. The van der Waals surface area contributed by atoms with Gasteiger partial charge in [-0.15, -0.1) is 0 Å². The first-order valence-electron chi connectivity index (χ1n) is 5.85. The first kappa shape index (κ1) is 13.0. The summed E-state index contributed by atoms with van der Waals surface area (Å²) >= 11 is 0. The molecule has 0 heterocycles. The lowest BCUT2D eigenvalue weighted by molar-refractivity contribution is 0.219. The summed E-state index contributed by atoms with van der Waals surface area (Å²) in [6, 6.07) is 8.34. The van der Waals surface area contributed by atoms with Crippen LogP contribution in [0.1, 0.15) is 25.5 Å². The van der Waals surface area contributed by atoms with E-state index in [2.05, 4.69) is 24.8 Å². The van der Waals surface area contributed by atoms with Gasteiger partial charge in [0.2, 0.25) is 0 Å². The van der Waals surface area contributed by atoms with E-state index in [-0.39, 0.29) is 6.04 Å². The molecule has 0 amide bonds. The van der Waals surface area contributed by atoms with Crippen LogP contribution in [0.25, 0.3) is 0 Å². The minimum absolute atomic E-state index is 0.242. The van der Waals surface area contributed by atoms with E-state index in [0.29, 0.717) is 6.54 Å². The first-order chi connectivity index (χ1) is 7.78. The molecule has 1 aromatic carbocycles. The number of nitrogens with zero attached hydrogens (tertiary/aromatic N) is 1. The van der Waals surface area contributed by atoms with Crippen molar-refractivity contribution >= 4 is 0 Å². The van der Waals surface area contributed by atoms with Crippen molar-refractivity contribution in [2.75, 3.05) is 26.7 Å². The number of nitrogens with two attached hydrogens (primary N) is 1. The summed E-state index contributed by atoms with van der Waals surface area (Å²) in [6.07, 6.45) is 0. The Morgan fingerprint density at radius 2 is 1.88 bits per heavy atom. The fraction of sp³-hybridized carbons (Fsp3) is 0.538. The average Bonchev–Trinajstić information content (AvgIpc) is 2.35. The third-order valence-electron chi connectivity index (χ3n) is 2.97. The molecule has 16 heavy (non-hydrogen) atoms. The lowest BCUT2D eigenvalue weighted by atomic mass is 10.0. The molecule has 3 nitrogen and oxygen atoms in total. The zero-order valence-electron chi connectivity index (χ0n) is 10.4. The molecule has 0 aliphatic heterocycles. The van der Waals surface area contributed by atoms with E-state index in [0.717, 1.165) is 18.8 Å². The van der Waals surface area contributed by atoms with Crippen LogP contribution < -0.4 is 10.5 Å². The van der Waals surface area contributed by atoms with Gasteiger partial charge >= 0.3 is 0 Å². The predicted octanol–water partition coefficient (Wildman–Crippen LogP) is 2.04. The van der Waals surface area contributed by atoms with Gasteiger partial charge in [0, 0.05) is 12.1 Å². The molecular formula is C13H22N2O. The smallest absolute Gasteiger partial charge is 0.123 e. The normalized spacial score (nSPS) is 12.8. The fourth-order valence-corrected chi connectivity index (χ4v) is 2.08. The molecule has 1 atom stereocenters. The molecule has 0 spiro atoms. The van der Waals surface area contributed by atoms with Crippen LogP contribution in [0.5, 0.6) is 5.75 Å². The van der Waals surface area contributed by atoms with Gasteiger partial charge in [-0.1, -0.05) is 32.0 Å². The van der Waals surface area contributed by atoms with E-state index in [1.165, 1.54) is 5.56 Å². The molecule has 0 saturated heterocycles. The van der Waals surface area contributed by atoms with Crippen molar-refractivity contribution in [3.05, 3.63) is 29.8 Å². The van der Waals surface area contributed by atoms with Gasteiger partial charge in [0.05, 0.1) is 13.2 Å². The molecule has 0 fully saturated rings. The molecule has 3 heteroatoms. The second-order valence-corrected chi connectivity index (χ2v) is 3.71. The van der Waals surface area contributed by atoms with E-state index in [4.69, 9.17) is 10.5 Å². The lowest BCUT2D eigenvalue weighted by Gasteiger charge is -2.29. The summed E-state index contributed by atoms with van der Waals surface area (Å²) in [6.45, 7) is 6.91. The number of benzene rings is 1. The molecular weight excluding hydrogens is 200 g/mol. The quantitative estimate of drug-likeness (QED) is 0.800. The SMILES string of the molecule is CCN(CC)[C@H](CN)c1ccccc1OC. The Labute approximate surface area is 98.2 Å². The Hall–Kier alpha value is -1.06. The van der Waals surface area contributed by atoms with Gasteiger partial charge in [-0.25, -0.2) is 0 Å². The molecule has 0 saturated carbocycles. The second kappa shape index (κ2) is 6.51. The van der Waals surface area contributed by atoms with E-state index in [1.807, 2.05) is 18.2 Å². The average molecular weight is 222 g/mol. The van der Waals surface area contributed by atoms with Crippen LogP contribution in [0.3, 0.4) is 0 Å². The summed E-state index contributed by atoms with van der Waals surface area (Å²) in [5.74, 6) is 0.921. The Balaban J connectivity index is 3.02. The zero-order valence-corrected chi connectivity index (χ0v) is 10.4. The summed E-state index contributed by atoms with van der Waals surface area (Å²) in [5, 5.41) is 0. The molecule has 2 N–H and O–H groups in total. The van der Waals surface area contributed by atoms with Crippen molar-refractivity contribution in [3.63, 3.8) is 0 Å². The highest BCUT2D eigenvalue weighted by Crippen LogP contribution is 2.28. The topological polar surface area (TPSA) is 38.5 Å². The Bertz CT molecular complexity index is 311. The minimum Gasteiger partial charge on any atom is -0.496 e. The first-order valence-corrected chi connectivity index (χ1v) is 5.85. The van der Waals surface area contributed by atoms with Gasteiger partial charge in [0.15, 0.2) is 0 Å². The third kappa shape index (κ3) is 2.74. The van der Waals surface area contributed by atoms with Crippen molar-refractivity contribution in [2.24, 2.45) is 5.73 Å². The molecule has 0 aromatic heterocycles. The Morgan fingerprint density at radius 3 is 2.38 bits per heavy atom. The van der Waals surface area contributed by atoms with Crippen molar-refractivity contribution in [2.45, 2.75) is 19.9 Å². The fourth-order valence-electron chi connectivity index (χ4n) is 2.08. The van der Waals surface area contributed by atoms with E-state index >= 15 is 0 Å². The Morgan fingerprint density at radius 1 is 1.25 bits per heavy atom. The highest BCUT2D eigenvalue weighted by molar-refractivity contribution is 5.36. The molecule has 1 aromatic rings. The zero-order chi connectivity index (χ0) is 12.0. The number of likely N-dealkylation sites (N-methyl/N-ethyl adjacent to an activating group) is 1. The van der Waals surface area contributed by atoms with Crippen LogP contribution in [0.15, 0.2) is 24.3 Å². The van der Waals surface area contributed by atoms with Crippen LogP contribution in [-0.4, -0.2) is 31.6 Å². The number of para-hydroxylation sites is 1. The molecule has 0 unspecified atom stereocenters. The van der Waals surface area contributed by atoms with Gasteiger partial charge < -0.3 is 10.5 Å². The number of methoxy groups -OCH3 is 1. The van der Waals surface area contributed by atoms with Crippen LogP contribution in [0, 0.1) is 0 Å². The van der Waals surface area contributed by atoms with Gasteiger partial charge in [-0.3, -0.25) is 4.90 Å². The number of rotatable bonds is 6. The van der Waals surface area contributed by atoms with Crippen LogP contribution >= 0.6 is 0 Å². The van der Waals surface area contributed by atoms with Crippen molar-refractivity contribution in [1.29, 1.82) is 0 Å². The highest BCUT2D eigenvalue weighted by Gasteiger charge is 2.19. The Kier molecular flexibility index (Phi) is 5.29. The van der Waals surface area contributed by atoms with Gasteiger partial charge in [0.25, 0.3) is 0 Å². The summed E-state index contributed by atoms with van der Waals surface area (Å²) in [7, 11) is 1.70. The minimum atomic E-state index is 0.242. The van der Waals surface area contributed by atoms with Crippen LogP contribution in [0.4, 0.5) is 0 Å². The number of hydrogen-bond acceptors (Lipinski definition) is 3. The van der Waals surface area contributed by atoms with Crippen molar-refractivity contribution < 1.29 is 4.74 Å². The monoisotopic (exact) mass is 222 g/mol. The van der Waals surface area contributed by atoms with Gasteiger partial charge in [-0.05, 0) is 19.2 Å². The van der Waals surface area contributed by atoms with E-state index < -0.39 is 0 Å². The number of hydrogen-bond donors (Lipinski definition) is 1. The molecule has 0 bridgehead atoms. The van der Waals surface area contributed by atoms with Crippen LogP contribution in [-0.2, 0) is 0 Å². The standard InChI is InChI=1S/C13H22N2O/c1-4-15(5-2)12(10-14)11-8-6-7-9-13(11)16-3/h6-9,12H,4-5,10,14H2,1-3H3/t12-/m1/s1. The summed E-state index contributed by atoms with van der Waals surface area (Å²) in [4.78, 5) is 2.35. The molecule has 0 radical (unpaired) electrons. The van der Waals surface area contributed by atoms with E-state index in [1.54, 1.807) is 7.11 Å². The van der Waals surface area contributed by atoms with Crippen LogP contribution in [0.2, 0.25) is 0 Å². The molecule has 0 aliphatic rings. The van der Waals surface area contributed by atoms with E-state index in [9.17, 15) is 0 Å². The van der Waals surface area contributed by atoms with Gasteiger partial charge in [0.1, 0.15) is 5.75 Å². The van der Waals surface area contributed by atoms with Crippen molar-refractivity contribution in [3.8, 4) is 5.75 Å². The highest BCUT2D eigenvalue weighted by atomic mass is 16.5. The second-order valence-electron chi connectivity index (χ2n) is 3.71. The molecule has 0 aliphatic carbocycles. The maximum absolute atomic E-state index is 5.88. The van der Waals surface area contributed by atoms with Crippen molar-refractivity contribution in [1.82, 2.24) is 4.90 Å². The maximum Gasteiger partial charge on any atom is 0.123 e. The number of ether oxygens (including phenoxy) is 1. The lowest BCUT2D eigenvalue weighted by Crippen LogP contribution is -2.33.